The molecule has 1 heterocycles. The van der Waals surface area contributed by atoms with Gasteiger partial charge in [-0.1, -0.05) is 18.2 Å². The Morgan fingerprint density at radius 1 is 1.22 bits per heavy atom. The molecule has 27 heavy (non-hydrogen) atoms. The van der Waals surface area contributed by atoms with Gasteiger partial charge < -0.3 is 16.2 Å². The van der Waals surface area contributed by atoms with Crippen molar-refractivity contribution in [2.24, 2.45) is 22.6 Å². The molecule has 4 rings (SSSR count). The fourth-order valence-electron chi connectivity index (χ4n) is 3.34. The maximum absolute atomic E-state index is 13.0. The predicted molar refractivity (Wildman–Crippen MR) is 103 cm³/mol. The van der Waals surface area contributed by atoms with Crippen molar-refractivity contribution in [1.82, 2.24) is 9.97 Å². The van der Waals surface area contributed by atoms with Crippen molar-refractivity contribution in [3.05, 3.63) is 53.8 Å². The van der Waals surface area contributed by atoms with Crippen LogP contribution in [0.15, 0.2) is 47.5 Å². The van der Waals surface area contributed by atoms with E-state index < -0.39 is 0 Å². The molecule has 2 aromatic carbocycles. The van der Waals surface area contributed by atoms with Crippen LogP contribution in [-0.4, -0.2) is 22.9 Å². The lowest BCUT2D eigenvalue weighted by Crippen LogP contribution is -2.15. The Labute approximate surface area is 156 Å². The number of hydrogen-bond donors (Lipinski definition) is 2. The van der Waals surface area contributed by atoms with Gasteiger partial charge in [-0.2, -0.15) is 4.98 Å². The molecule has 1 aromatic heterocycles. The van der Waals surface area contributed by atoms with E-state index in [2.05, 4.69) is 15.0 Å². The van der Waals surface area contributed by atoms with Gasteiger partial charge in [0, 0.05) is 11.3 Å². The zero-order valence-corrected chi connectivity index (χ0v) is 14.9. The summed E-state index contributed by atoms with van der Waals surface area (Å²) < 4.78 is 18.4. The van der Waals surface area contributed by atoms with E-state index in [1.807, 2.05) is 30.3 Å². The Balaban J connectivity index is 1.58. The van der Waals surface area contributed by atoms with Crippen LogP contribution in [0.2, 0.25) is 0 Å². The van der Waals surface area contributed by atoms with Crippen LogP contribution in [0.5, 0.6) is 5.75 Å². The number of rotatable bonds is 5. The Morgan fingerprint density at radius 2 is 2.00 bits per heavy atom. The number of halogens is 1. The van der Waals surface area contributed by atoms with Crippen LogP contribution in [0, 0.1) is 17.7 Å². The molecule has 2 unspecified atom stereocenters. The molecule has 0 aliphatic heterocycles. The van der Waals surface area contributed by atoms with Crippen LogP contribution in [0.25, 0.3) is 10.9 Å². The second kappa shape index (κ2) is 6.83. The van der Waals surface area contributed by atoms with Crippen LogP contribution in [0.4, 0.5) is 16.2 Å². The molecular weight excluding hydrogens is 345 g/mol. The van der Waals surface area contributed by atoms with Crippen LogP contribution < -0.4 is 16.2 Å². The first-order chi connectivity index (χ1) is 13.0. The summed E-state index contributed by atoms with van der Waals surface area (Å²) >= 11 is 0. The summed E-state index contributed by atoms with van der Waals surface area (Å²) in [5.41, 5.74) is 13.8. The summed E-state index contributed by atoms with van der Waals surface area (Å²) in [5.74, 6) is 2.07. The molecule has 0 bridgehead atoms. The smallest absolute Gasteiger partial charge is 0.222 e. The number of nitrogens with zero attached hydrogens (tertiary/aromatic N) is 3. The van der Waals surface area contributed by atoms with E-state index in [1.54, 1.807) is 7.11 Å². The molecule has 3 aromatic rings. The summed E-state index contributed by atoms with van der Waals surface area (Å²) in [6.45, 7) is 0. The highest BCUT2D eigenvalue weighted by molar-refractivity contribution is 5.96. The molecular formula is C20H20FN5O. The molecule has 0 amide bonds. The number of hydrogen-bond acceptors (Lipinski definition) is 5. The number of ether oxygens (including phenoxy) is 1. The van der Waals surface area contributed by atoms with Crippen LogP contribution in [0.1, 0.15) is 12.0 Å². The van der Waals surface area contributed by atoms with Crippen LogP contribution in [0.3, 0.4) is 0 Å². The van der Waals surface area contributed by atoms with Gasteiger partial charge in [0.05, 0.1) is 7.11 Å². The number of benzene rings is 2. The van der Waals surface area contributed by atoms with Gasteiger partial charge >= 0.3 is 0 Å². The maximum atomic E-state index is 13.0. The summed E-state index contributed by atoms with van der Waals surface area (Å²) in [6.07, 6.45) is 1.80. The van der Waals surface area contributed by atoms with Gasteiger partial charge in [0.1, 0.15) is 22.9 Å². The Morgan fingerprint density at radius 3 is 2.74 bits per heavy atom. The fourth-order valence-corrected chi connectivity index (χ4v) is 3.34. The Bertz CT molecular complexity index is 1020. The quantitative estimate of drug-likeness (QED) is 0.534. The molecule has 6 nitrogen and oxygen atoms in total. The van der Waals surface area contributed by atoms with E-state index in [1.165, 1.54) is 12.1 Å². The summed E-state index contributed by atoms with van der Waals surface area (Å²) in [6, 6.07) is 12.1. The SMILES string of the molecule is COc1cccc2c(N=C(N)C3CC3Cc3ccc(F)cc3)nc(N)nc12. The first-order valence-corrected chi connectivity index (χ1v) is 8.74. The van der Waals surface area contributed by atoms with E-state index in [4.69, 9.17) is 16.2 Å². The minimum atomic E-state index is -0.226. The number of aliphatic imine (C=N–C) groups is 1. The second-order valence-electron chi connectivity index (χ2n) is 6.73. The molecule has 2 atom stereocenters. The first kappa shape index (κ1) is 17.2. The van der Waals surface area contributed by atoms with E-state index in [9.17, 15) is 4.39 Å². The Kier molecular flexibility index (Phi) is 4.35. The number of nitrogens with two attached hydrogens (primary N) is 2. The number of anilines is 1. The Hall–Kier alpha value is -3.22. The minimum Gasteiger partial charge on any atom is -0.494 e. The third-order valence-corrected chi connectivity index (χ3v) is 4.86. The largest absolute Gasteiger partial charge is 0.494 e. The molecule has 0 radical (unpaired) electrons. The van der Waals surface area contributed by atoms with Gasteiger partial charge in [0.2, 0.25) is 5.95 Å². The zero-order valence-electron chi connectivity index (χ0n) is 14.9. The fraction of sp³-hybridized carbons (Fsp3) is 0.250. The number of methoxy groups -OCH3 is 1. The lowest BCUT2D eigenvalue weighted by Gasteiger charge is -2.08. The van der Waals surface area contributed by atoms with Gasteiger partial charge in [0.25, 0.3) is 0 Å². The molecule has 1 aliphatic rings. The van der Waals surface area contributed by atoms with Gasteiger partial charge in [-0.05, 0) is 48.6 Å². The highest BCUT2D eigenvalue weighted by atomic mass is 19.1. The molecule has 0 saturated heterocycles. The standard InChI is InChI=1S/C20H20FN5O/c1-27-16-4-2-3-14-17(16)24-20(23)26-19(14)25-18(22)15-10-12(15)9-11-5-7-13(21)8-6-11/h2-8,12,15H,9-10H2,1H3,(H4,22,23,24,25,26). The molecule has 7 heteroatoms. The average Bonchev–Trinajstić information content (AvgIpc) is 3.42. The lowest BCUT2D eigenvalue weighted by molar-refractivity contribution is 0.419. The lowest BCUT2D eigenvalue weighted by atomic mass is 10.1. The highest BCUT2D eigenvalue weighted by Gasteiger charge is 2.40. The number of aromatic nitrogens is 2. The highest BCUT2D eigenvalue weighted by Crippen LogP contribution is 2.42. The van der Waals surface area contributed by atoms with Crippen molar-refractivity contribution in [3.8, 4) is 5.75 Å². The molecule has 1 fully saturated rings. The molecule has 0 spiro atoms. The number of para-hydroxylation sites is 1. The van der Waals surface area contributed by atoms with Crippen molar-refractivity contribution in [2.75, 3.05) is 12.8 Å². The average molecular weight is 365 g/mol. The van der Waals surface area contributed by atoms with Crippen molar-refractivity contribution in [3.63, 3.8) is 0 Å². The van der Waals surface area contributed by atoms with E-state index >= 15 is 0 Å². The van der Waals surface area contributed by atoms with Gasteiger partial charge in [-0.25, -0.2) is 14.4 Å². The number of nitrogen functional groups attached to an aromatic ring is 1. The van der Waals surface area contributed by atoms with E-state index in [0.717, 1.165) is 23.8 Å². The van der Waals surface area contributed by atoms with Crippen LogP contribution in [-0.2, 0) is 6.42 Å². The third-order valence-electron chi connectivity index (χ3n) is 4.86. The number of amidine groups is 1. The molecule has 4 N–H and O–H groups in total. The van der Waals surface area contributed by atoms with Crippen molar-refractivity contribution in [1.29, 1.82) is 0 Å². The predicted octanol–water partition coefficient (Wildman–Crippen LogP) is 3.23. The normalized spacial score (nSPS) is 19.3. The van der Waals surface area contributed by atoms with Crippen molar-refractivity contribution < 1.29 is 9.13 Å². The van der Waals surface area contributed by atoms with E-state index in [0.29, 0.717) is 28.8 Å². The summed E-state index contributed by atoms with van der Waals surface area (Å²) in [5, 5.41) is 0.738. The summed E-state index contributed by atoms with van der Waals surface area (Å²) in [4.78, 5) is 13.0. The van der Waals surface area contributed by atoms with Crippen molar-refractivity contribution in [2.45, 2.75) is 12.8 Å². The topological polar surface area (TPSA) is 99.4 Å². The van der Waals surface area contributed by atoms with Crippen LogP contribution >= 0.6 is 0 Å². The van der Waals surface area contributed by atoms with Crippen molar-refractivity contribution >= 4 is 28.5 Å². The second-order valence-corrected chi connectivity index (χ2v) is 6.73. The van der Waals surface area contributed by atoms with E-state index in [-0.39, 0.29) is 17.7 Å². The maximum Gasteiger partial charge on any atom is 0.222 e. The van der Waals surface area contributed by atoms with Gasteiger partial charge in [-0.3, -0.25) is 0 Å². The zero-order chi connectivity index (χ0) is 19.0. The number of fused-ring (bicyclic) bond motifs is 1. The molecule has 1 aliphatic carbocycles. The van der Waals surface area contributed by atoms with Gasteiger partial charge in [0.15, 0.2) is 5.82 Å². The summed E-state index contributed by atoms with van der Waals surface area (Å²) in [7, 11) is 1.58. The third kappa shape index (κ3) is 3.53. The minimum absolute atomic E-state index is 0.122. The van der Waals surface area contributed by atoms with Gasteiger partial charge in [-0.15, -0.1) is 0 Å². The molecule has 1 saturated carbocycles. The molecule has 138 valence electrons. The first-order valence-electron chi connectivity index (χ1n) is 8.74. The monoisotopic (exact) mass is 365 g/mol.